The van der Waals surface area contributed by atoms with Crippen LogP contribution in [0, 0.1) is 0 Å². The predicted octanol–water partition coefficient (Wildman–Crippen LogP) is 3.04. The molecule has 0 radical (unpaired) electrons. The predicted molar refractivity (Wildman–Crippen MR) is 77.5 cm³/mol. The highest BCUT2D eigenvalue weighted by atomic mass is 16.7. The number of hydrazone groups is 1. The van der Waals surface area contributed by atoms with Crippen molar-refractivity contribution < 1.29 is 9.63 Å². The molecule has 2 aliphatic rings. The van der Waals surface area contributed by atoms with Crippen molar-refractivity contribution in [1.82, 2.24) is 5.17 Å². The first-order chi connectivity index (χ1) is 9.86. The van der Waals surface area contributed by atoms with Gasteiger partial charge in [0.25, 0.3) is 6.41 Å². The zero-order valence-electron chi connectivity index (χ0n) is 10.9. The molecule has 1 aliphatic heterocycles. The molecule has 100 valence electrons. The molecule has 20 heavy (non-hydrogen) atoms. The van der Waals surface area contributed by atoms with Gasteiger partial charge in [0.2, 0.25) is 0 Å². The largest absolute Gasteiger partial charge is 0.363 e. The number of rotatable bonds is 3. The van der Waals surface area contributed by atoms with Gasteiger partial charge < -0.3 is 4.84 Å². The molecule has 1 heterocycles. The second-order valence-electron chi connectivity index (χ2n) is 4.52. The molecule has 0 saturated carbocycles. The first-order valence-electron chi connectivity index (χ1n) is 6.48. The minimum Gasteiger partial charge on any atom is -0.363 e. The number of hydrogen-bond donors (Lipinski definition) is 0. The van der Waals surface area contributed by atoms with Gasteiger partial charge in [0.1, 0.15) is 6.26 Å². The molecule has 0 bridgehead atoms. The van der Waals surface area contributed by atoms with E-state index in [1.807, 2.05) is 12.1 Å². The summed E-state index contributed by atoms with van der Waals surface area (Å²) in [4.78, 5) is 15.6. The van der Waals surface area contributed by atoms with E-state index in [-0.39, 0.29) is 0 Å². The third-order valence-corrected chi connectivity index (χ3v) is 3.23. The van der Waals surface area contributed by atoms with Crippen molar-refractivity contribution in [2.24, 2.45) is 5.10 Å². The van der Waals surface area contributed by atoms with Crippen LogP contribution in [0.25, 0.3) is 5.57 Å². The molecule has 1 aliphatic carbocycles. The Morgan fingerprint density at radius 3 is 2.95 bits per heavy atom. The van der Waals surface area contributed by atoms with E-state index in [1.165, 1.54) is 17.4 Å². The second-order valence-corrected chi connectivity index (χ2v) is 4.52. The third kappa shape index (κ3) is 2.54. The number of allylic oxidation sites excluding steroid dienone is 5. The molecule has 3 rings (SSSR count). The third-order valence-electron chi connectivity index (χ3n) is 3.23. The smallest absolute Gasteiger partial charge is 0.268 e. The van der Waals surface area contributed by atoms with Crippen LogP contribution in [0.4, 0.5) is 0 Å². The van der Waals surface area contributed by atoms with Gasteiger partial charge >= 0.3 is 0 Å². The number of carbonyl (C=O) groups excluding carboxylic acids is 1. The van der Waals surface area contributed by atoms with Crippen LogP contribution in [0.5, 0.6) is 0 Å². The summed E-state index contributed by atoms with van der Waals surface area (Å²) < 4.78 is 0. The number of benzene rings is 1. The van der Waals surface area contributed by atoms with E-state index in [2.05, 4.69) is 35.5 Å². The zero-order valence-corrected chi connectivity index (χ0v) is 10.9. The van der Waals surface area contributed by atoms with Crippen molar-refractivity contribution in [3.8, 4) is 0 Å². The molecule has 0 N–H and O–H groups in total. The molecule has 0 aromatic heterocycles. The van der Waals surface area contributed by atoms with Crippen LogP contribution >= 0.6 is 0 Å². The van der Waals surface area contributed by atoms with Gasteiger partial charge in [0.15, 0.2) is 0 Å². The molecule has 4 nitrogen and oxygen atoms in total. The Labute approximate surface area is 117 Å². The quantitative estimate of drug-likeness (QED) is 0.623. The van der Waals surface area contributed by atoms with E-state index in [0.29, 0.717) is 12.1 Å². The highest BCUT2D eigenvalue weighted by Crippen LogP contribution is 2.24. The minimum atomic E-state index is 0.530. The fourth-order valence-corrected chi connectivity index (χ4v) is 2.24. The minimum absolute atomic E-state index is 0.530. The fraction of sp³-hybridized carbons (Fsp3) is 0.125. The van der Waals surface area contributed by atoms with Gasteiger partial charge in [-0.05, 0) is 30.0 Å². The van der Waals surface area contributed by atoms with Crippen molar-refractivity contribution in [3.05, 3.63) is 66.0 Å². The lowest BCUT2D eigenvalue weighted by Crippen LogP contribution is -2.19. The maximum atomic E-state index is 10.7. The van der Waals surface area contributed by atoms with Crippen molar-refractivity contribution in [1.29, 1.82) is 0 Å². The topological polar surface area (TPSA) is 41.9 Å². The van der Waals surface area contributed by atoms with Crippen LogP contribution in [0.1, 0.15) is 24.0 Å². The zero-order chi connectivity index (χ0) is 13.8. The van der Waals surface area contributed by atoms with Crippen LogP contribution in [0.3, 0.4) is 0 Å². The first-order valence-corrected chi connectivity index (χ1v) is 6.48. The highest BCUT2D eigenvalue weighted by Gasteiger charge is 2.11. The molecule has 0 spiro atoms. The summed E-state index contributed by atoms with van der Waals surface area (Å²) >= 11 is 0. The van der Waals surface area contributed by atoms with E-state index in [9.17, 15) is 4.79 Å². The molecule has 1 amide bonds. The van der Waals surface area contributed by atoms with E-state index in [1.54, 1.807) is 6.08 Å². The normalized spacial score (nSPS) is 17.3. The Morgan fingerprint density at radius 1 is 1.25 bits per heavy atom. The molecule has 0 fully saturated rings. The molecule has 1 aromatic carbocycles. The van der Waals surface area contributed by atoms with Crippen LogP contribution in [-0.2, 0) is 9.63 Å². The maximum Gasteiger partial charge on any atom is 0.268 e. The Morgan fingerprint density at radius 2 is 2.15 bits per heavy atom. The molecular formula is C16H14N2O2. The standard InChI is InChI=1S/C16H14N2O2/c19-12-18-17-16(9-10-20-18)15-8-4-7-14(11-15)13-5-2-1-3-6-13/h1-2,4,6-12H,3,5H2. The average Bonchev–Trinajstić information content (AvgIpc) is 2.56. The lowest BCUT2D eigenvalue weighted by Gasteiger charge is -2.15. The van der Waals surface area contributed by atoms with Crippen molar-refractivity contribution in [2.75, 3.05) is 0 Å². The number of amides is 1. The lowest BCUT2D eigenvalue weighted by atomic mass is 9.95. The van der Waals surface area contributed by atoms with Gasteiger partial charge in [-0.15, -0.1) is 5.10 Å². The summed E-state index contributed by atoms with van der Waals surface area (Å²) in [6, 6.07) is 8.15. The fourth-order valence-electron chi connectivity index (χ4n) is 2.24. The summed E-state index contributed by atoms with van der Waals surface area (Å²) in [6.45, 7) is 0. The summed E-state index contributed by atoms with van der Waals surface area (Å²) in [7, 11) is 0. The Kier molecular flexibility index (Phi) is 3.46. The molecular weight excluding hydrogens is 252 g/mol. The number of hydroxylamine groups is 1. The number of carbonyl (C=O) groups is 1. The van der Waals surface area contributed by atoms with E-state index in [0.717, 1.165) is 23.6 Å². The van der Waals surface area contributed by atoms with Gasteiger partial charge in [0.05, 0.1) is 5.71 Å². The van der Waals surface area contributed by atoms with Crippen molar-refractivity contribution >= 4 is 17.7 Å². The van der Waals surface area contributed by atoms with Crippen LogP contribution in [0.15, 0.2) is 59.9 Å². The molecule has 4 heteroatoms. The summed E-state index contributed by atoms with van der Waals surface area (Å²) in [5.74, 6) is 0. The molecule has 0 saturated heterocycles. The van der Waals surface area contributed by atoms with Crippen molar-refractivity contribution in [2.45, 2.75) is 12.8 Å². The monoisotopic (exact) mass is 266 g/mol. The van der Waals surface area contributed by atoms with E-state index in [4.69, 9.17) is 4.84 Å². The lowest BCUT2D eigenvalue weighted by molar-refractivity contribution is -0.152. The van der Waals surface area contributed by atoms with Gasteiger partial charge in [0, 0.05) is 11.6 Å². The Bertz CT molecular complexity index is 642. The summed E-state index contributed by atoms with van der Waals surface area (Å²) in [6.07, 6.45) is 12.2. The summed E-state index contributed by atoms with van der Waals surface area (Å²) in [5, 5.41) is 5.00. The first kappa shape index (κ1) is 12.4. The molecule has 0 unspecified atom stereocenters. The average molecular weight is 266 g/mol. The number of nitrogens with zero attached hydrogens (tertiary/aromatic N) is 2. The Balaban J connectivity index is 1.91. The van der Waals surface area contributed by atoms with Crippen molar-refractivity contribution in [3.63, 3.8) is 0 Å². The summed E-state index contributed by atoms with van der Waals surface area (Å²) in [5.41, 5.74) is 4.17. The van der Waals surface area contributed by atoms with Gasteiger partial charge in [-0.3, -0.25) is 4.79 Å². The van der Waals surface area contributed by atoms with Crippen LogP contribution in [0.2, 0.25) is 0 Å². The number of hydrogen-bond acceptors (Lipinski definition) is 3. The second kappa shape index (κ2) is 5.57. The van der Waals surface area contributed by atoms with Gasteiger partial charge in [-0.2, -0.15) is 0 Å². The maximum absolute atomic E-state index is 10.7. The van der Waals surface area contributed by atoms with Crippen LogP contribution < -0.4 is 0 Å². The molecule has 1 aromatic rings. The van der Waals surface area contributed by atoms with Gasteiger partial charge in [-0.25, -0.2) is 0 Å². The highest BCUT2D eigenvalue weighted by molar-refractivity contribution is 6.09. The van der Waals surface area contributed by atoms with Gasteiger partial charge in [-0.1, -0.05) is 41.6 Å². The molecule has 0 atom stereocenters. The van der Waals surface area contributed by atoms with Crippen LogP contribution in [-0.4, -0.2) is 17.3 Å². The van der Waals surface area contributed by atoms with E-state index >= 15 is 0 Å². The Hall–Kier alpha value is -2.62. The SMILES string of the molecule is O=CN1N=C(c2cccc(C3=CCC=CC3)c2)C=CO1. The van der Waals surface area contributed by atoms with E-state index < -0.39 is 0 Å².